The fourth-order valence-corrected chi connectivity index (χ4v) is 14.1. The molecule has 0 bridgehead atoms. The molecule has 10 heteroatoms. The van der Waals surface area contributed by atoms with Gasteiger partial charge in [0, 0.05) is 0 Å². The molecule has 0 saturated heterocycles. The average molecular weight is 606 g/mol. The summed E-state index contributed by atoms with van der Waals surface area (Å²) in [6.07, 6.45) is 0. The molecule has 0 radical (unpaired) electrons. The molecule has 3 aromatic rings. The van der Waals surface area contributed by atoms with Crippen molar-refractivity contribution >= 4 is 49.4 Å². The van der Waals surface area contributed by atoms with Crippen LogP contribution in [0, 0.1) is 7.14 Å². The van der Waals surface area contributed by atoms with Crippen LogP contribution < -0.4 is 5.19 Å². The molecule has 0 aliphatic heterocycles. The monoisotopic (exact) mass is 606 g/mol. The van der Waals surface area contributed by atoms with Crippen molar-refractivity contribution in [2.45, 2.75) is 25.1 Å². The fraction of sp³-hybridized carbons (Fsp3) is 0.174. The Morgan fingerprint density at radius 2 is 1.39 bits per heavy atom. The van der Waals surface area contributed by atoms with Crippen molar-refractivity contribution in [2.24, 2.45) is 0 Å². The molecule has 0 aromatic heterocycles. The van der Waals surface area contributed by atoms with Gasteiger partial charge in [-0.1, -0.05) is 0 Å². The first-order chi connectivity index (χ1) is 15.3. The van der Waals surface area contributed by atoms with Crippen molar-refractivity contribution in [3.63, 3.8) is 0 Å². The van der Waals surface area contributed by atoms with Crippen molar-refractivity contribution in [3.05, 3.63) is 97.1 Å². The number of benzene rings is 3. The van der Waals surface area contributed by atoms with Crippen LogP contribution in [0.5, 0.6) is 0 Å². The van der Waals surface area contributed by atoms with Gasteiger partial charge in [0.05, 0.1) is 0 Å². The SMILES string of the molecule is C[Si](C)(C)c1ccc(C(=O)c2ccccc2)cc1I(OS(=O)(=O)C(F)(F)F)c1ccccc1. The maximum absolute atomic E-state index is 13.3. The standard InChI is InChI=1S/C23H22F3IO4SSi/c1-33(2,3)21-15-14-18(22(28)17-10-6-4-7-11-17)16-20(21)27(19-12-8-5-9-13-19)31-32(29,30)23(24,25)26/h4-16H,1-3H3. The van der Waals surface area contributed by atoms with Gasteiger partial charge in [0.15, 0.2) is 0 Å². The van der Waals surface area contributed by atoms with Crippen molar-refractivity contribution in [2.75, 3.05) is 0 Å². The number of carbonyl (C=O) groups excluding carboxylic acids is 1. The predicted octanol–water partition coefficient (Wildman–Crippen LogP) is 5.79. The summed E-state index contributed by atoms with van der Waals surface area (Å²) < 4.78 is 69.6. The topological polar surface area (TPSA) is 60.4 Å². The van der Waals surface area contributed by atoms with E-state index >= 15 is 0 Å². The van der Waals surface area contributed by atoms with Crippen LogP contribution >= 0.6 is 20.2 Å². The zero-order valence-electron chi connectivity index (χ0n) is 18.1. The molecule has 3 rings (SSSR count). The Hall–Kier alpha value is -2.02. The van der Waals surface area contributed by atoms with E-state index < -0.39 is 43.9 Å². The van der Waals surface area contributed by atoms with E-state index in [0.29, 0.717) is 12.7 Å². The van der Waals surface area contributed by atoms with E-state index in [1.807, 2.05) is 19.6 Å². The van der Waals surface area contributed by atoms with Crippen molar-refractivity contribution in [1.29, 1.82) is 0 Å². The number of halogens is 4. The minimum atomic E-state index is -5.84. The van der Waals surface area contributed by atoms with Gasteiger partial charge in [-0.15, -0.1) is 0 Å². The normalized spacial score (nSPS) is 13.0. The summed E-state index contributed by atoms with van der Waals surface area (Å²) in [5, 5.41) is 0.763. The molecule has 176 valence electrons. The summed E-state index contributed by atoms with van der Waals surface area (Å²) in [4.78, 5) is 13.1. The Bertz CT molecular complexity index is 1240. The first kappa shape index (κ1) is 25.6. The second-order valence-electron chi connectivity index (χ2n) is 8.15. The quantitative estimate of drug-likeness (QED) is 0.148. The summed E-state index contributed by atoms with van der Waals surface area (Å²) >= 11 is -3.64. The summed E-state index contributed by atoms with van der Waals surface area (Å²) in [5.74, 6) is -0.304. The van der Waals surface area contributed by atoms with Crippen LogP contribution in [0.15, 0.2) is 78.9 Å². The third-order valence-corrected chi connectivity index (χ3v) is 14.3. The third-order valence-electron chi connectivity index (χ3n) is 4.62. The van der Waals surface area contributed by atoms with Gasteiger partial charge in [-0.3, -0.25) is 0 Å². The number of hydrogen-bond acceptors (Lipinski definition) is 4. The second kappa shape index (κ2) is 9.69. The summed E-state index contributed by atoms with van der Waals surface area (Å²) in [7, 11) is -8.00. The molecule has 0 atom stereocenters. The Kier molecular flexibility index (Phi) is 7.51. The molecule has 0 N–H and O–H groups in total. The van der Waals surface area contributed by atoms with Crippen LogP contribution in [0.1, 0.15) is 15.9 Å². The molecule has 0 aliphatic rings. The molecule has 4 nitrogen and oxygen atoms in total. The first-order valence-electron chi connectivity index (χ1n) is 9.82. The molecular formula is C23H22F3IO4SSi. The van der Waals surface area contributed by atoms with Crippen LogP contribution in [0.4, 0.5) is 13.2 Å². The summed E-state index contributed by atoms with van der Waals surface area (Å²) in [5.41, 5.74) is -4.86. The summed E-state index contributed by atoms with van der Waals surface area (Å²) in [6, 6.07) is 21.4. The molecule has 33 heavy (non-hydrogen) atoms. The van der Waals surface area contributed by atoms with Crippen LogP contribution in [0.3, 0.4) is 0 Å². The van der Waals surface area contributed by atoms with Crippen LogP contribution in [-0.2, 0) is 12.6 Å². The van der Waals surface area contributed by atoms with Gasteiger partial charge in [-0.25, -0.2) is 0 Å². The Morgan fingerprint density at radius 3 is 1.91 bits per heavy atom. The van der Waals surface area contributed by atoms with E-state index in [9.17, 15) is 26.4 Å². The van der Waals surface area contributed by atoms with Gasteiger partial charge < -0.3 is 0 Å². The average Bonchev–Trinajstić information content (AvgIpc) is 2.76. The van der Waals surface area contributed by atoms with E-state index in [1.165, 1.54) is 6.07 Å². The van der Waals surface area contributed by atoms with E-state index in [1.54, 1.807) is 72.8 Å². The van der Waals surface area contributed by atoms with Crippen LogP contribution in [0.25, 0.3) is 0 Å². The minimum absolute atomic E-state index is 0.268. The predicted molar refractivity (Wildman–Crippen MR) is 133 cm³/mol. The van der Waals surface area contributed by atoms with Crippen LogP contribution in [0.2, 0.25) is 19.6 Å². The fourth-order valence-electron chi connectivity index (χ4n) is 3.00. The zero-order chi connectivity index (χ0) is 24.4. The van der Waals surface area contributed by atoms with Crippen LogP contribution in [-0.4, -0.2) is 27.8 Å². The van der Waals surface area contributed by atoms with Gasteiger partial charge >= 0.3 is 201 Å². The molecule has 0 amide bonds. The Balaban J connectivity index is 2.24. The van der Waals surface area contributed by atoms with E-state index in [2.05, 4.69) is 0 Å². The van der Waals surface area contributed by atoms with Crippen molar-refractivity contribution in [1.82, 2.24) is 0 Å². The number of rotatable bonds is 7. The van der Waals surface area contributed by atoms with E-state index in [-0.39, 0.29) is 11.3 Å². The second-order valence-corrected chi connectivity index (χ2v) is 19.6. The van der Waals surface area contributed by atoms with Crippen molar-refractivity contribution < 1.29 is 28.9 Å². The molecule has 0 aliphatic carbocycles. The van der Waals surface area contributed by atoms with E-state index in [4.69, 9.17) is 2.51 Å². The Labute approximate surface area is 199 Å². The molecule has 0 fully saturated rings. The first-order valence-corrected chi connectivity index (χ1v) is 17.8. The third kappa shape index (κ3) is 5.92. The van der Waals surface area contributed by atoms with Gasteiger partial charge in [-0.2, -0.15) is 0 Å². The zero-order valence-corrected chi connectivity index (χ0v) is 22.0. The Morgan fingerprint density at radius 1 is 0.848 bits per heavy atom. The number of carbonyl (C=O) groups is 1. The van der Waals surface area contributed by atoms with Gasteiger partial charge in [0.1, 0.15) is 0 Å². The molecule has 0 heterocycles. The van der Waals surface area contributed by atoms with Gasteiger partial charge in [0.25, 0.3) is 0 Å². The number of hydrogen-bond donors (Lipinski definition) is 0. The number of alkyl halides is 3. The maximum atomic E-state index is 13.3. The molecular weight excluding hydrogens is 584 g/mol. The number of ketones is 1. The van der Waals surface area contributed by atoms with Gasteiger partial charge in [0.2, 0.25) is 0 Å². The molecule has 0 spiro atoms. The van der Waals surface area contributed by atoms with Crippen molar-refractivity contribution in [3.8, 4) is 0 Å². The van der Waals surface area contributed by atoms with Gasteiger partial charge in [-0.05, 0) is 0 Å². The molecule has 0 saturated carbocycles. The molecule has 0 unspecified atom stereocenters. The van der Waals surface area contributed by atoms with E-state index in [0.717, 1.165) is 5.19 Å². The molecule has 3 aromatic carbocycles. The summed E-state index contributed by atoms with van der Waals surface area (Å²) in [6.45, 7) is 6.01.